The summed E-state index contributed by atoms with van der Waals surface area (Å²) in [6, 6.07) is 9.15. The molecule has 0 amide bonds. The van der Waals surface area contributed by atoms with E-state index in [0.717, 1.165) is 5.56 Å². The molecule has 1 aromatic carbocycles. The van der Waals surface area contributed by atoms with Crippen LogP contribution in [0.5, 0.6) is 0 Å². The highest BCUT2D eigenvalue weighted by atomic mass is 16.5. The summed E-state index contributed by atoms with van der Waals surface area (Å²) in [6.45, 7) is 3.25. The van der Waals surface area contributed by atoms with Gasteiger partial charge in [0.25, 0.3) is 5.78 Å². The minimum Gasteiger partial charge on any atom is -0.457 e. The van der Waals surface area contributed by atoms with Gasteiger partial charge in [-0.1, -0.05) is 30.3 Å². The van der Waals surface area contributed by atoms with Crippen molar-refractivity contribution in [2.45, 2.75) is 13.8 Å². The zero-order valence-electron chi connectivity index (χ0n) is 10.8. The molecule has 98 valence electrons. The first-order chi connectivity index (χ1) is 9.10. The quantitative estimate of drug-likeness (QED) is 0.202. The summed E-state index contributed by atoms with van der Waals surface area (Å²) in [6.07, 6.45) is 1.60. The highest BCUT2D eigenvalue weighted by molar-refractivity contribution is 6.65. The van der Waals surface area contributed by atoms with Crippen molar-refractivity contribution in [3.8, 4) is 0 Å². The Balaban J connectivity index is 2.96. The lowest BCUT2D eigenvalue weighted by atomic mass is 10.1. The van der Waals surface area contributed by atoms with Crippen LogP contribution in [0.1, 0.15) is 19.4 Å². The van der Waals surface area contributed by atoms with Crippen molar-refractivity contribution in [1.29, 1.82) is 0 Å². The van der Waals surface area contributed by atoms with Gasteiger partial charge in [0.05, 0.1) is 6.61 Å². The number of Topliss-reactive ketones (excluding diaryl/α,β-unsaturated/α-hetero) is 1. The monoisotopic (exact) mass is 258 g/mol. The van der Waals surface area contributed by atoms with E-state index in [1.54, 1.807) is 19.9 Å². The summed E-state index contributed by atoms with van der Waals surface area (Å²) in [5.41, 5.74) is 9.23. The molecule has 0 bridgehead atoms. The number of nitrogens with zero attached hydrogens (tertiary/aromatic N) is 2. The van der Waals surface area contributed by atoms with Gasteiger partial charge in [-0.2, -0.15) is 4.79 Å². The van der Waals surface area contributed by atoms with Crippen LogP contribution in [0.3, 0.4) is 0 Å². The first kappa shape index (κ1) is 14.5. The second kappa shape index (κ2) is 7.03. The smallest absolute Gasteiger partial charge is 0.446 e. The Bertz CT molecular complexity index is 555. The SMILES string of the molecule is CCOC(=O)C(=[N+]=[N-])C(=O)/C(C)=C/c1ccccc1. The summed E-state index contributed by atoms with van der Waals surface area (Å²) >= 11 is 0. The standard InChI is InChI=1S/C14H14N2O3/c1-3-19-14(18)12(16-15)13(17)10(2)9-11-7-5-4-6-8-11/h4-9H,3H2,1-2H3/b10-9+. The number of carbonyl (C=O) groups is 2. The average molecular weight is 258 g/mol. The number of esters is 1. The fourth-order valence-corrected chi connectivity index (χ4v) is 1.43. The first-order valence-corrected chi connectivity index (χ1v) is 5.77. The fourth-order valence-electron chi connectivity index (χ4n) is 1.43. The molecule has 0 saturated carbocycles. The highest BCUT2D eigenvalue weighted by Crippen LogP contribution is 2.07. The lowest BCUT2D eigenvalue weighted by molar-refractivity contribution is -0.141. The predicted molar refractivity (Wildman–Crippen MR) is 70.4 cm³/mol. The van der Waals surface area contributed by atoms with Gasteiger partial charge in [0, 0.05) is 5.57 Å². The number of hydrogen-bond acceptors (Lipinski definition) is 3. The van der Waals surface area contributed by atoms with Crippen molar-refractivity contribution >= 4 is 23.5 Å². The highest BCUT2D eigenvalue weighted by Gasteiger charge is 2.31. The molecule has 0 spiro atoms. The molecule has 0 saturated heterocycles. The van der Waals surface area contributed by atoms with E-state index in [4.69, 9.17) is 5.53 Å². The van der Waals surface area contributed by atoms with Crippen LogP contribution in [-0.4, -0.2) is 28.9 Å². The second-order valence-corrected chi connectivity index (χ2v) is 3.74. The molecule has 19 heavy (non-hydrogen) atoms. The van der Waals surface area contributed by atoms with E-state index in [1.165, 1.54) is 0 Å². The topological polar surface area (TPSA) is 79.8 Å². The van der Waals surface area contributed by atoms with Crippen molar-refractivity contribution in [3.05, 3.63) is 47.0 Å². The Hall–Kier alpha value is -2.52. The normalized spacial score (nSPS) is 10.5. The zero-order valence-corrected chi connectivity index (χ0v) is 10.8. The van der Waals surface area contributed by atoms with Crippen LogP contribution < -0.4 is 0 Å². The Morgan fingerprint density at radius 3 is 2.47 bits per heavy atom. The van der Waals surface area contributed by atoms with E-state index in [1.807, 2.05) is 30.3 Å². The van der Waals surface area contributed by atoms with Gasteiger partial charge >= 0.3 is 11.7 Å². The van der Waals surface area contributed by atoms with Crippen LogP contribution in [-0.2, 0) is 14.3 Å². The van der Waals surface area contributed by atoms with Crippen molar-refractivity contribution in [2.75, 3.05) is 6.61 Å². The lowest BCUT2D eigenvalue weighted by Gasteiger charge is -1.98. The van der Waals surface area contributed by atoms with Crippen molar-refractivity contribution < 1.29 is 19.1 Å². The average Bonchev–Trinajstić information content (AvgIpc) is 2.40. The molecule has 0 aliphatic rings. The first-order valence-electron chi connectivity index (χ1n) is 5.77. The molecule has 5 nitrogen and oxygen atoms in total. The Morgan fingerprint density at radius 1 is 1.32 bits per heavy atom. The summed E-state index contributed by atoms with van der Waals surface area (Å²) in [5, 5.41) is 0. The van der Waals surface area contributed by atoms with Crippen LogP contribution in [0.15, 0.2) is 35.9 Å². The molecule has 5 heteroatoms. The Labute approximate surface area is 111 Å². The van der Waals surface area contributed by atoms with E-state index >= 15 is 0 Å². The molecule has 0 aliphatic carbocycles. The van der Waals surface area contributed by atoms with Gasteiger partial charge in [-0.3, -0.25) is 4.79 Å². The Morgan fingerprint density at radius 2 is 1.95 bits per heavy atom. The number of allylic oxidation sites excluding steroid dienone is 1. The number of benzene rings is 1. The summed E-state index contributed by atoms with van der Waals surface area (Å²) in [4.78, 5) is 26.1. The van der Waals surface area contributed by atoms with Crippen molar-refractivity contribution in [2.24, 2.45) is 0 Å². The minimum absolute atomic E-state index is 0.104. The van der Waals surface area contributed by atoms with Gasteiger partial charge < -0.3 is 10.3 Å². The molecule has 0 aliphatic heterocycles. The molecular formula is C14H14N2O3. The summed E-state index contributed by atoms with van der Waals surface area (Å²) < 4.78 is 4.64. The summed E-state index contributed by atoms with van der Waals surface area (Å²) in [7, 11) is 0. The maximum Gasteiger partial charge on any atom is 0.446 e. The molecule has 1 rings (SSSR count). The van der Waals surface area contributed by atoms with Crippen LogP contribution in [0, 0.1) is 0 Å². The van der Waals surface area contributed by atoms with Gasteiger partial charge in [0.15, 0.2) is 0 Å². The third kappa shape index (κ3) is 4.01. The van der Waals surface area contributed by atoms with E-state index in [-0.39, 0.29) is 12.2 Å². The molecule has 1 aromatic rings. The number of rotatable bonds is 5. The van der Waals surface area contributed by atoms with Gasteiger partial charge in [0.1, 0.15) is 0 Å². The third-order valence-corrected chi connectivity index (χ3v) is 2.32. The van der Waals surface area contributed by atoms with Crippen LogP contribution in [0.4, 0.5) is 0 Å². The van der Waals surface area contributed by atoms with Crippen LogP contribution in [0.25, 0.3) is 11.6 Å². The molecule has 0 N–H and O–H groups in total. The molecule has 0 heterocycles. The maximum absolute atomic E-state index is 11.9. The molecule has 0 radical (unpaired) electrons. The molecular weight excluding hydrogens is 244 g/mol. The second-order valence-electron chi connectivity index (χ2n) is 3.74. The maximum atomic E-state index is 11.9. The number of ketones is 1. The van der Waals surface area contributed by atoms with E-state index in [9.17, 15) is 9.59 Å². The molecule has 0 unspecified atom stereocenters. The number of carbonyl (C=O) groups excluding carboxylic acids is 2. The summed E-state index contributed by atoms with van der Waals surface area (Å²) in [5.74, 6) is -1.60. The zero-order chi connectivity index (χ0) is 14.3. The van der Waals surface area contributed by atoms with Crippen LogP contribution >= 0.6 is 0 Å². The van der Waals surface area contributed by atoms with Crippen molar-refractivity contribution in [3.63, 3.8) is 0 Å². The molecule has 0 fully saturated rings. The van der Waals surface area contributed by atoms with E-state index in [2.05, 4.69) is 9.53 Å². The van der Waals surface area contributed by atoms with Gasteiger partial charge in [0.2, 0.25) is 0 Å². The van der Waals surface area contributed by atoms with Crippen LogP contribution in [0.2, 0.25) is 0 Å². The number of ether oxygens (including phenoxy) is 1. The Kier molecular flexibility index (Phi) is 5.38. The third-order valence-electron chi connectivity index (χ3n) is 2.32. The van der Waals surface area contributed by atoms with Gasteiger partial charge in [-0.15, -0.1) is 0 Å². The predicted octanol–water partition coefficient (Wildman–Crippen LogP) is 1.89. The lowest BCUT2D eigenvalue weighted by Crippen LogP contribution is -2.28. The fraction of sp³-hybridized carbons (Fsp3) is 0.214. The van der Waals surface area contributed by atoms with Gasteiger partial charge in [-0.05, 0) is 25.5 Å². The van der Waals surface area contributed by atoms with E-state index in [0.29, 0.717) is 0 Å². The molecule has 0 atom stereocenters. The van der Waals surface area contributed by atoms with Gasteiger partial charge in [-0.25, -0.2) is 4.79 Å². The largest absolute Gasteiger partial charge is 0.457 e. The van der Waals surface area contributed by atoms with E-state index < -0.39 is 17.5 Å². The number of hydrogen-bond donors (Lipinski definition) is 0. The van der Waals surface area contributed by atoms with Crippen molar-refractivity contribution in [1.82, 2.24) is 0 Å². The molecule has 0 aromatic heterocycles. The minimum atomic E-state index is -0.934.